The maximum absolute atomic E-state index is 11.9. The minimum Gasteiger partial charge on any atom is -0.379 e. The standard InChI is InChI=1S/C11H19N3OS/c1-7(8-4-2-3-5-8)14-10(15)9-6-13-11(12)16-9/h7-9H,2-6H2,1H3,(H2,12,13)(H,14,15). The van der Waals surface area contributed by atoms with E-state index in [0.717, 1.165) is 0 Å². The molecule has 0 spiro atoms. The van der Waals surface area contributed by atoms with E-state index < -0.39 is 0 Å². The number of nitrogens with two attached hydrogens (primary N) is 1. The number of nitrogens with one attached hydrogen (secondary N) is 1. The molecular formula is C11H19N3OS. The first-order valence-electron chi connectivity index (χ1n) is 5.94. The van der Waals surface area contributed by atoms with Crippen LogP contribution >= 0.6 is 11.8 Å². The highest BCUT2D eigenvalue weighted by Crippen LogP contribution is 2.28. The summed E-state index contributed by atoms with van der Waals surface area (Å²) in [7, 11) is 0. The zero-order valence-corrected chi connectivity index (χ0v) is 10.4. The van der Waals surface area contributed by atoms with Crippen LogP contribution in [-0.2, 0) is 4.79 Å². The molecule has 3 N–H and O–H groups in total. The summed E-state index contributed by atoms with van der Waals surface area (Å²) in [4.78, 5) is 15.9. The largest absolute Gasteiger partial charge is 0.379 e. The Bertz CT molecular complexity index is 300. The second kappa shape index (κ2) is 5.08. The van der Waals surface area contributed by atoms with Gasteiger partial charge in [0.25, 0.3) is 0 Å². The van der Waals surface area contributed by atoms with Crippen molar-refractivity contribution in [1.82, 2.24) is 5.32 Å². The normalized spacial score (nSPS) is 27.8. The molecule has 1 fully saturated rings. The van der Waals surface area contributed by atoms with Crippen molar-refractivity contribution in [3.05, 3.63) is 0 Å². The fourth-order valence-corrected chi connectivity index (χ4v) is 3.19. The van der Waals surface area contributed by atoms with E-state index in [1.54, 1.807) is 0 Å². The van der Waals surface area contributed by atoms with Crippen molar-refractivity contribution in [3.63, 3.8) is 0 Å². The lowest BCUT2D eigenvalue weighted by atomic mass is 10.00. The Hall–Kier alpha value is -0.710. The number of carbonyl (C=O) groups is 1. The molecule has 0 aromatic carbocycles. The first kappa shape index (κ1) is 11.8. The molecule has 1 amide bonds. The first-order valence-corrected chi connectivity index (χ1v) is 6.81. The number of rotatable bonds is 3. The fraction of sp³-hybridized carbons (Fsp3) is 0.818. The van der Waals surface area contributed by atoms with E-state index in [2.05, 4.69) is 17.2 Å². The maximum atomic E-state index is 11.9. The molecule has 1 saturated carbocycles. The van der Waals surface area contributed by atoms with Gasteiger partial charge < -0.3 is 11.1 Å². The van der Waals surface area contributed by atoms with Crippen molar-refractivity contribution < 1.29 is 4.79 Å². The number of thioether (sulfide) groups is 1. The molecule has 0 bridgehead atoms. The van der Waals surface area contributed by atoms with E-state index in [0.29, 0.717) is 17.6 Å². The third-order valence-electron chi connectivity index (χ3n) is 3.45. The Balaban J connectivity index is 1.78. The van der Waals surface area contributed by atoms with Crippen LogP contribution in [0.2, 0.25) is 0 Å². The summed E-state index contributed by atoms with van der Waals surface area (Å²) in [5.41, 5.74) is 5.55. The second-order valence-electron chi connectivity index (χ2n) is 4.63. The van der Waals surface area contributed by atoms with Gasteiger partial charge in [-0.15, -0.1) is 0 Å². The number of amides is 1. The highest BCUT2D eigenvalue weighted by atomic mass is 32.2. The number of carbonyl (C=O) groups excluding carboxylic acids is 1. The number of hydrogen-bond donors (Lipinski definition) is 2. The van der Waals surface area contributed by atoms with Gasteiger partial charge in [0.05, 0.1) is 6.54 Å². The molecule has 2 unspecified atom stereocenters. The molecule has 2 rings (SSSR count). The summed E-state index contributed by atoms with van der Waals surface area (Å²) in [6.07, 6.45) is 5.11. The summed E-state index contributed by atoms with van der Waals surface area (Å²) in [6, 6.07) is 0.289. The van der Waals surface area contributed by atoms with Crippen LogP contribution in [0.15, 0.2) is 4.99 Å². The van der Waals surface area contributed by atoms with Gasteiger partial charge in [-0.05, 0) is 25.7 Å². The molecule has 0 aromatic rings. The van der Waals surface area contributed by atoms with Crippen molar-refractivity contribution in [2.45, 2.75) is 43.9 Å². The molecule has 1 heterocycles. The number of aliphatic imine (C=N–C) groups is 1. The third kappa shape index (κ3) is 2.70. The summed E-state index contributed by atoms with van der Waals surface area (Å²) in [5.74, 6) is 0.752. The smallest absolute Gasteiger partial charge is 0.235 e. The summed E-state index contributed by atoms with van der Waals surface area (Å²) in [5, 5.41) is 3.52. The zero-order chi connectivity index (χ0) is 11.5. The predicted octanol–water partition coefficient (Wildman–Crippen LogP) is 1.11. The van der Waals surface area contributed by atoms with E-state index in [-0.39, 0.29) is 17.2 Å². The summed E-state index contributed by atoms with van der Waals surface area (Å²) in [6.45, 7) is 2.64. The second-order valence-corrected chi connectivity index (χ2v) is 5.85. The maximum Gasteiger partial charge on any atom is 0.235 e. The monoisotopic (exact) mass is 241 g/mol. The molecule has 90 valence electrons. The first-order chi connectivity index (χ1) is 7.66. The zero-order valence-electron chi connectivity index (χ0n) is 9.61. The van der Waals surface area contributed by atoms with E-state index in [1.807, 2.05) is 0 Å². The minimum atomic E-state index is -0.108. The highest BCUT2D eigenvalue weighted by Gasteiger charge is 2.28. The van der Waals surface area contributed by atoms with Gasteiger partial charge in [-0.25, -0.2) is 0 Å². The van der Waals surface area contributed by atoms with Crippen LogP contribution in [0.4, 0.5) is 0 Å². The van der Waals surface area contributed by atoms with Gasteiger partial charge >= 0.3 is 0 Å². The van der Waals surface area contributed by atoms with E-state index in [1.165, 1.54) is 37.4 Å². The molecule has 4 nitrogen and oxygen atoms in total. The lowest BCUT2D eigenvalue weighted by Crippen LogP contribution is -2.42. The van der Waals surface area contributed by atoms with Gasteiger partial charge in [0, 0.05) is 6.04 Å². The lowest BCUT2D eigenvalue weighted by Gasteiger charge is -2.21. The van der Waals surface area contributed by atoms with Crippen molar-refractivity contribution in [1.29, 1.82) is 0 Å². The third-order valence-corrected chi connectivity index (χ3v) is 4.46. The van der Waals surface area contributed by atoms with Crippen LogP contribution in [0.3, 0.4) is 0 Å². The molecule has 1 aliphatic heterocycles. The SMILES string of the molecule is CC(NC(=O)C1CN=C(N)S1)C1CCCC1. The number of hydrogen-bond acceptors (Lipinski definition) is 4. The van der Waals surface area contributed by atoms with Crippen LogP contribution in [0.25, 0.3) is 0 Å². The Morgan fingerprint density at radius 3 is 2.81 bits per heavy atom. The van der Waals surface area contributed by atoms with Crippen molar-refractivity contribution in [2.24, 2.45) is 16.6 Å². The molecule has 16 heavy (non-hydrogen) atoms. The molecule has 2 atom stereocenters. The van der Waals surface area contributed by atoms with Gasteiger partial charge in [-0.1, -0.05) is 24.6 Å². The highest BCUT2D eigenvalue weighted by molar-refractivity contribution is 8.15. The van der Waals surface area contributed by atoms with Crippen LogP contribution in [0, 0.1) is 5.92 Å². The summed E-state index contributed by atoms with van der Waals surface area (Å²) >= 11 is 1.37. The topological polar surface area (TPSA) is 67.5 Å². The average molecular weight is 241 g/mol. The number of amidine groups is 1. The Kier molecular flexibility index (Phi) is 3.74. The van der Waals surface area contributed by atoms with Gasteiger partial charge in [-0.2, -0.15) is 0 Å². The van der Waals surface area contributed by atoms with E-state index in [9.17, 15) is 4.79 Å². The van der Waals surface area contributed by atoms with E-state index in [4.69, 9.17) is 5.73 Å². The molecule has 5 heteroatoms. The molecular weight excluding hydrogens is 222 g/mol. The Labute approximate surface area is 100 Å². The van der Waals surface area contributed by atoms with E-state index >= 15 is 0 Å². The van der Waals surface area contributed by atoms with Crippen molar-refractivity contribution in [2.75, 3.05) is 6.54 Å². The molecule has 0 saturated heterocycles. The van der Waals surface area contributed by atoms with Gasteiger partial charge in [0.2, 0.25) is 5.91 Å². The fourth-order valence-electron chi connectivity index (χ4n) is 2.42. The average Bonchev–Trinajstić information content (AvgIpc) is 2.87. The molecule has 2 aliphatic rings. The van der Waals surface area contributed by atoms with Gasteiger partial charge in [0.1, 0.15) is 5.25 Å². The van der Waals surface area contributed by atoms with Gasteiger partial charge in [-0.3, -0.25) is 9.79 Å². The van der Waals surface area contributed by atoms with Crippen molar-refractivity contribution in [3.8, 4) is 0 Å². The minimum absolute atomic E-state index is 0.0913. The molecule has 0 aromatic heterocycles. The Morgan fingerprint density at radius 2 is 2.25 bits per heavy atom. The van der Waals surface area contributed by atoms with Crippen LogP contribution in [-0.4, -0.2) is 28.9 Å². The van der Waals surface area contributed by atoms with Crippen molar-refractivity contribution >= 4 is 22.8 Å². The van der Waals surface area contributed by atoms with Gasteiger partial charge in [0.15, 0.2) is 5.17 Å². The number of nitrogens with zero attached hydrogens (tertiary/aromatic N) is 1. The molecule has 0 radical (unpaired) electrons. The summed E-state index contributed by atoms with van der Waals surface area (Å²) < 4.78 is 0. The predicted molar refractivity (Wildman–Crippen MR) is 67.4 cm³/mol. The quantitative estimate of drug-likeness (QED) is 0.778. The van der Waals surface area contributed by atoms with Crippen LogP contribution in [0.5, 0.6) is 0 Å². The van der Waals surface area contributed by atoms with Crippen LogP contribution < -0.4 is 11.1 Å². The molecule has 1 aliphatic carbocycles. The van der Waals surface area contributed by atoms with Crippen LogP contribution in [0.1, 0.15) is 32.6 Å². The Morgan fingerprint density at radius 1 is 1.56 bits per heavy atom. The lowest BCUT2D eigenvalue weighted by molar-refractivity contribution is -0.121.